The molecule has 0 aliphatic rings. The zero-order chi connectivity index (χ0) is 18.1. The highest BCUT2D eigenvalue weighted by Crippen LogP contribution is 2.31. The van der Waals surface area contributed by atoms with Gasteiger partial charge < -0.3 is 5.11 Å². The van der Waals surface area contributed by atoms with Crippen molar-refractivity contribution in [2.75, 3.05) is 0 Å². The molecule has 5 nitrogen and oxygen atoms in total. The number of fused-ring (bicyclic) bond motifs is 1. The number of hydrogen-bond donors (Lipinski definition) is 1. The number of halogens is 1. The Labute approximate surface area is 157 Å². The van der Waals surface area contributed by atoms with Crippen molar-refractivity contribution in [1.29, 1.82) is 0 Å². The van der Waals surface area contributed by atoms with E-state index < -0.39 is 0 Å². The SMILES string of the molecule is O=c1c2c(-c3ccc(Cl)cc3)csc2ncn1N=Cc1ccccc1O. The molecule has 1 N–H and O–H groups in total. The second-order valence-electron chi connectivity index (χ2n) is 5.53. The van der Waals surface area contributed by atoms with Crippen molar-refractivity contribution in [2.45, 2.75) is 0 Å². The summed E-state index contributed by atoms with van der Waals surface area (Å²) in [5.41, 5.74) is 1.93. The molecule has 26 heavy (non-hydrogen) atoms. The molecule has 2 aromatic carbocycles. The fourth-order valence-electron chi connectivity index (χ4n) is 2.57. The summed E-state index contributed by atoms with van der Waals surface area (Å²) in [7, 11) is 0. The van der Waals surface area contributed by atoms with Crippen LogP contribution in [0, 0.1) is 0 Å². The second-order valence-corrected chi connectivity index (χ2v) is 6.83. The molecule has 0 radical (unpaired) electrons. The lowest BCUT2D eigenvalue weighted by atomic mass is 10.1. The van der Waals surface area contributed by atoms with Crippen LogP contribution in [0.3, 0.4) is 0 Å². The van der Waals surface area contributed by atoms with Gasteiger partial charge in [0.15, 0.2) is 0 Å². The Kier molecular flexibility index (Phi) is 4.28. The summed E-state index contributed by atoms with van der Waals surface area (Å²) in [6.07, 6.45) is 2.81. The van der Waals surface area contributed by atoms with Crippen molar-refractivity contribution in [3.05, 3.63) is 81.2 Å². The van der Waals surface area contributed by atoms with Gasteiger partial charge in [0.05, 0.1) is 11.6 Å². The maximum atomic E-state index is 12.9. The number of para-hydroxylation sites is 1. The van der Waals surface area contributed by atoms with Crippen molar-refractivity contribution in [2.24, 2.45) is 5.10 Å². The van der Waals surface area contributed by atoms with E-state index in [1.165, 1.54) is 28.6 Å². The maximum absolute atomic E-state index is 12.9. The molecule has 0 bridgehead atoms. The van der Waals surface area contributed by atoms with E-state index in [0.717, 1.165) is 11.1 Å². The van der Waals surface area contributed by atoms with Gasteiger partial charge in [-0.2, -0.15) is 9.78 Å². The predicted octanol–water partition coefficient (Wildman–Crippen LogP) is 4.37. The van der Waals surface area contributed by atoms with E-state index in [4.69, 9.17) is 11.6 Å². The van der Waals surface area contributed by atoms with Crippen LogP contribution in [-0.4, -0.2) is 21.0 Å². The van der Waals surface area contributed by atoms with Crippen LogP contribution in [0.4, 0.5) is 0 Å². The van der Waals surface area contributed by atoms with Crippen molar-refractivity contribution in [3.63, 3.8) is 0 Å². The molecule has 2 aromatic heterocycles. The van der Waals surface area contributed by atoms with E-state index in [1.807, 2.05) is 17.5 Å². The Morgan fingerprint density at radius 3 is 2.69 bits per heavy atom. The Morgan fingerprint density at radius 2 is 1.92 bits per heavy atom. The van der Waals surface area contributed by atoms with E-state index in [-0.39, 0.29) is 11.3 Å². The maximum Gasteiger partial charge on any atom is 0.283 e. The summed E-state index contributed by atoms with van der Waals surface area (Å²) >= 11 is 7.35. The summed E-state index contributed by atoms with van der Waals surface area (Å²) in [5.74, 6) is 0.0933. The molecular weight excluding hydrogens is 370 g/mol. The Hall–Kier alpha value is -2.96. The van der Waals surface area contributed by atoms with E-state index in [2.05, 4.69) is 10.1 Å². The van der Waals surface area contributed by atoms with Crippen molar-refractivity contribution in [3.8, 4) is 16.9 Å². The lowest BCUT2D eigenvalue weighted by Crippen LogP contribution is -2.16. The van der Waals surface area contributed by atoms with E-state index in [1.54, 1.807) is 36.4 Å². The van der Waals surface area contributed by atoms with Crippen molar-refractivity contribution in [1.82, 2.24) is 9.66 Å². The van der Waals surface area contributed by atoms with Gasteiger partial charge in [0.25, 0.3) is 5.56 Å². The molecule has 0 unspecified atom stereocenters. The van der Waals surface area contributed by atoms with Crippen LogP contribution in [0.2, 0.25) is 5.02 Å². The van der Waals surface area contributed by atoms with Crippen LogP contribution >= 0.6 is 22.9 Å². The molecule has 7 heteroatoms. The van der Waals surface area contributed by atoms with Gasteiger partial charge >= 0.3 is 0 Å². The Morgan fingerprint density at radius 1 is 1.15 bits per heavy atom. The van der Waals surface area contributed by atoms with Gasteiger partial charge in [-0.1, -0.05) is 35.9 Å². The molecule has 4 aromatic rings. The van der Waals surface area contributed by atoms with Gasteiger partial charge in [-0.05, 0) is 29.8 Å². The average molecular weight is 382 g/mol. The standard InChI is InChI=1S/C19H12ClN3O2S/c20-14-7-5-12(6-8-14)15-10-26-18-17(15)19(25)23(11-21-18)22-9-13-3-1-2-4-16(13)24/h1-11,24H. The number of thiophene rings is 1. The number of phenols is 1. The van der Waals surface area contributed by atoms with E-state index in [9.17, 15) is 9.90 Å². The smallest absolute Gasteiger partial charge is 0.283 e. The third kappa shape index (κ3) is 3.00. The van der Waals surface area contributed by atoms with Gasteiger partial charge in [0, 0.05) is 21.5 Å². The minimum Gasteiger partial charge on any atom is -0.507 e. The minimum atomic E-state index is -0.270. The normalized spacial score (nSPS) is 11.4. The molecule has 0 saturated heterocycles. The lowest BCUT2D eigenvalue weighted by Gasteiger charge is -2.02. The van der Waals surface area contributed by atoms with Gasteiger partial charge in [-0.15, -0.1) is 11.3 Å². The van der Waals surface area contributed by atoms with Crippen molar-refractivity contribution < 1.29 is 5.11 Å². The lowest BCUT2D eigenvalue weighted by molar-refractivity contribution is 0.474. The number of benzene rings is 2. The number of phenolic OH excluding ortho intramolecular Hbond substituents is 1. The molecule has 0 fully saturated rings. The molecule has 128 valence electrons. The minimum absolute atomic E-state index is 0.0933. The predicted molar refractivity (Wildman–Crippen MR) is 105 cm³/mol. The number of nitrogens with zero attached hydrogens (tertiary/aromatic N) is 3. The van der Waals surface area contributed by atoms with Gasteiger partial charge in [0.1, 0.15) is 16.9 Å². The van der Waals surface area contributed by atoms with Crippen molar-refractivity contribution >= 4 is 39.4 Å². The number of rotatable bonds is 3. The molecule has 0 aliphatic carbocycles. The largest absolute Gasteiger partial charge is 0.507 e. The Bertz CT molecular complexity index is 1180. The van der Waals surface area contributed by atoms with Crippen LogP contribution in [0.25, 0.3) is 21.3 Å². The second kappa shape index (κ2) is 6.74. The molecule has 2 heterocycles. The highest BCUT2D eigenvalue weighted by molar-refractivity contribution is 7.17. The summed E-state index contributed by atoms with van der Waals surface area (Å²) in [4.78, 5) is 17.9. The van der Waals surface area contributed by atoms with Crippen LogP contribution < -0.4 is 5.56 Å². The molecule has 0 spiro atoms. The highest BCUT2D eigenvalue weighted by Gasteiger charge is 2.13. The Balaban J connectivity index is 1.82. The monoisotopic (exact) mass is 381 g/mol. The average Bonchev–Trinajstić information content (AvgIpc) is 3.08. The van der Waals surface area contributed by atoms with Crippen LogP contribution in [0.5, 0.6) is 5.75 Å². The van der Waals surface area contributed by atoms with Crippen LogP contribution in [-0.2, 0) is 0 Å². The summed E-state index contributed by atoms with van der Waals surface area (Å²) < 4.78 is 1.17. The quantitative estimate of drug-likeness (QED) is 0.536. The summed E-state index contributed by atoms with van der Waals surface area (Å²) in [6.45, 7) is 0. The molecule has 4 rings (SSSR count). The number of aromatic nitrogens is 2. The first-order valence-electron chi connectivity index (χ1n) is 7.70. The zero-order valence-corrected chi connectivity index (χ0v) is 14.9. The first-order valence-corrected chi connectivity index (χ1v) is 8.96. The van der Waals surface area contributed by atoms with Gasteiger partial charge in [-0.25, -0.2) is 4.98 Å². The van der Waals surface area contributed by atoms with E-state index >= 15 is 0 Å². The fraction of sp³-hybridized carbons (Fsp3) is 0. The van der Waals surface area contributed by atoms with Gasteiger partial charge in [-0.3, -0.25) is 4.79 Å². The first kappa shape index (κ1) is 16.5. The third-order valence-corrected chi connectivity index (χ3v) is 5.03. The topological polar surface area (TPSA) is 67.5 Å². The molecule has 0 amide bonds. The third-order valence-electron chi connectivity index (χ3n) is 3.89. The van der Waals surface area contributed by atoms with E-state index in [0.29, 0.717) is 20.8 Å². The molecular formula is C19H12ClN3O2S. The highest BCUT2D eigenvalue weighted by atomic mass is 35.5. The molecule has 0 aliphatic heterocycles. The number of aromatic hydroxyl groups is 1. The molecule has 0 saturated carbocycles. The van der Waals surface area contributed by atoms with Gasteiger partial charge in [0.2, 0.25) is 0 Å². The van der Waals surface area contributed by atoms with Crippen LogP contribution in [0.1, 0.15) is 5.56 Å². The van der Waals surface area contributed by atoms with Crippen LogP contribution in [0.15, 0.2) is 70.1 Å². The summed E-state index contributed by atoms with van der Waals surface area (Å²) in [6, 6.07) is 14.1. The summed E-state index contributed by atoms with van der Waals surface area (Å²) in [5, 5.41) is 17.0. The first-order chi connectivity index (χ1) is 12.6. The fourth-order valence-corrected chi connectivity index (χ4v) is 3.60. The zero-order valence-electron chi connectivity index (χ0n) is 13.3. The number of hydrogen-bond acceptors (Lipinski definition) is 5. The molecule has 0 atom stereocenters.